The fourth-order valence-corrected chi connectivity index (χ4v) is 5.40. The Labute approximate surface area is 219 Å². The smallest absolute Gasteiger partial charge is 0.366 e. The summed E-state index contributed by atoms with van der Waals surface area (Å²) in [6.07, 6.45) is -1.30. The second-order valence-electron chi connectivity index (χ2n) is 9.57. The third-order valence-electron chi connectivity index (χ3n) is 7.12. The van der Waals surface area contributed by atoms with Crippen LogP contribution in [0.5, 0.6) is 0 Å². The fraction of sp³-hybridized carbons (Fsp3) is 0.500. The van der Waals surface area contributed by atoms with Gasteiger partial charge in [0.25, 0.3) is 5.56 Å². The van der Waals surface area contributed by atoms with Crippen LogP contribution in [-0.4, -0.2) is 43.0 Å². The Morgan fingerprint density at radius 2 is 2.05 bits per heavy atom. The first-order valence-corrected chi connectivity index (χ1v) is 12.5. The van der Waals surface area contributed by atoms with Gasteiger partial charge in [0, 0.05) is 19.6 Å². The van der Waals surface area contributed by atoms with Crippen LogP contribution in [0.1, 0.15) is 67.9 Å². The molecule has 2 aliphatic rings. The molecule has 0 amide bonds. The van der Waals surface area contributed by atoms with Crippen molar-refractivity contribution >= 4 is 17.3 Å². The quantitative estimate of drug-likeness (QED) is 0.481. The van der Waals surface area contributed by atoms with Crippen LogP contribution >= 0.6 is 11.6 Å². The minimum absolute atomic E-state index is 0.0992. The van der Waals surface area contributed by atoms with E-state index < -0.39 is 41.1 Å². The zero-order valence-electron chi connectivity index (χ0n) is 20.5. The molecular formula is C24H25ClF4N6O3. The van der Waals surface area contributed by atoms with Gasteiger partial charge in [0.2, 0.25) is 0 Å². The number of anilines is 1. The first-order chi connectivity index (χ1) is 17.9. The molecule has 2 aromatic heterocycles. The molecule has 1 N–H and O–H groups in total. The molecule has 2 aliphatic heterocycles. The van der Waals surface area contributed by atoms with E-state index in [1.165, 1.54) is 34.3 Å². The topological polar surface area (TPSA) is 98.3 Å². The standard InChI is InChI=1S/C24H25ClF4N6O3/c1-13(15-7-6-14(26)11-16(15)24(27,28)29)34-17-8-9-33(23(2,37)21(17)31-32-34)18-12-30-35(22(36)20(18)25)19-5-3-4-10-38-19/h6-7,11-13,19,37H,3-5,8-10H2,1-2H3. The summed E-state index contributed by atoms with van der Waals surface area (Å²) in [6, 6.07) is 1.51. The van der Waals surface area contributed by atoms with Crippen LogP contribution in [0.3, 0.4) is 0 Å². The molecule has 38 heavy (non-hydrogen) atoms. The molecule has 0 spiro atoms. The second-order valence-corrected chi connectivity index (χ2v) is 9.95. The van der Waals surface area contributed by atoms with Crippen LogP contribution in [0, 0.1) is 5.82 Å². The Balaban J connectivity index is 1.49. The van der Waals surface area contributed by atoms with E-state index in [9.17, 15) is 27.5 Å². The van der Waals surface area contributed by atoms with Gasteiger partial charge in [-0.25, -0.2) is 9.07 Å². The lowest BCUT2D eigenvalue weighted by atomic mass is 9.97. The summed E-state index contributed by atoms with van der Waals surface area (Å²) in [5.74, 6) is -1.00. The third-order valence-corrected chi connectivity index (χ3v) is 7.47. The highest BCUT2D eigenvalue weighted by Crippen LogP contribution is 2.40. The number of ether oxygens (including phenoxy) is 1. The maximum atomic E-state index is 13.6. The number of aliphatic hydroxyl groups is 1. The van der Waals surface area contributed by atoms with E-state index >= 15 is 0 Å². The van der Waals surface area contributed by atoms with Crippen molar-refractivity contribution < 1.29 is 27.4 Å². The molecule has 3 aromatic rings. The monoisotopic (exact) mass is 556 g/mol. The Morgan fingerprint density at radius 1 is 1.29 bits per heavy atom. The molecule has 1 aromatic carbocycles. The van der Waals surface area contributed by atoms with Gasteiger partial charge < -0.3 is 14.7 Å². The van der Waals surface area contributed by atoms with Gasteiger partial charge in [-0.05, 0) is 50.8 Å². The minimum atomic E-state index is -4.78. The van der Waals surface area contributed by atoms with Gasteiger partial charge in [-0.3, -0.25) is 4.79 Å². The highest BCUT2D eigenvalue weighted by atomic mass is 35.5. The van der Waals surface area contributed by atoms with Gasteiger partial charge in [-0.15, -0.1) is 5.10 Å². The van der Waals surface area contributed by atoms with Crippen LogP contribution in [-0.2, 0) is 23.1 Å². The third kappa shape index (κ3) is 4.46. The summed E-state index contributed by atoms with van der Waals surface area (Å²) in [5, 5.41) is 23.7. The summed E-state index contributed by atoms with van der Waals surface area (Å²) >= 11 is 6.45. The van der Waals surface area contributed by atoms with E-state index in [1.807, 2.05) is 0 Å². The number of fused-ring (bicyclic) bond motifs is 1. The fourth-order valence-electron chi connectivity index (χ4n) is 5.16. The van der Waals surface area contributed by atoms with Crippen LogP contribution in [0.2, 0.25) is 5.02 Å². The Kier molecular flexibility index (Phi) is 6.72. The largest absolute Gasteiger partial charge is 0.416 e. The van der Waals surface area contributed by atoms with Gasteiger partial charge in [0.05, 0.1) is 29.2 Å². The van der Waals surface area contributed by atoms with Crippen molar-refractivity contribution in [2.45, 2.75) is 63.7 Å². The lowest BCUT2D eigenvalue weighted by Crippen LogP contribution is -2.50. The molecule has 1 fully saturated rings. The maximum absolute atomic E-state index is 13.6. The van der Waals surface area contributed by atoms with Crippen LogP contribution in [0.25, 0.3) is 0 Å². The van der Waals surface area contributed by atoms with Crippen LogP contribution < -0.4 is 10.5 Å². The van der Waals surface area contributed by atoms with E-state index in [4.69, 9.17) is 16.3 Å². The van der Waals surface area contributed by atoms with Crippen molar-refractivity contribution in [3.63, 3.8) is 0 Å². The molecular weight excluding hydrogens is 532 g/mol. The SMILES string of the molecule is CC(c1ccc(F)cc1C(F)(F)F)n1nnc2c1CCN(c1cnn(C3CCCCO3)c(=O)c1Cl)C2(C)O. The number of nitrogens with zero attached hydrogens (tertiary/aromatic N) is 6. The Bertz CT molecular complexity index is 1420. The molecule has 3 atom stereocenters. The molecule has 0 bridgehead atoms. The predicted molar refractivity (Wildman–Crippen MR) is 128 cm³/mol. The zero-order chi connectivity index (χ0) is 27.4. The first-order valence-electron chi connectivity index (χ1n) is 12.1. The highest BCUT2D eigenvalue weighted by Gasteiger charge is 2.44. The number of aromatic nitrogens is 5. The molecule has 1 saturated heterocycles. The van der Waals surface area contributed by atoms with E-state index in [1.54, 1.807) is 0 Å². The lowest BCUT2D eigenvalue weighted by Gasteiger charge is -2.41. The van der Waals surface area contributed by atoms with Crippen molar-refractivity contribution in [1.29, 1.82) is 0 Å². The number of hydrogen-bond acceptors (Lipinski definition) is 7. The predicted octanol–water partition coefficient (Wildman–Crippen LogP) is 4.18. The Morgan fingerprint density at radius 3 is 2.74 bits per heavy atom. The normalized spacial score (nSPS) is 22.8. The summed E-state index contributed by atoms with van der Waals surface area (Å²) in [7, 11) is 0. The van der Waals surface area contributed by atoms with Gasteiger partial charge in [0.1, 0.15) is 16.5 Å². The maximum Gasteiger partial charge on any atom is 0.416 e. The van der Waals surface area contributed by atoms with E-state index in [0.29, 0.717) is 24.8 Å². The highest BCUT2D eigenvalue weighted by molar-refractivity contribution is 6.33. The first kappa shape index (κ1) is 26.6. The van der Waals surface area contributed by atoms with Gasteiger partial charge in [-0.1, -0.05) is 22.9 Å². The van der Waals surface area contributed by atoms with Crippen LogP contribution in [0.4, 0.5) is 23.2 Å². The second kappa shape index (κ2) is 9.62. The van der Waals surface area contributed by atoms with Crippen molar-refractivity contribution in [2.24, 2.45) is 0 Å². The number of benzene rings is 1. The van der Waals surface area contributed by atoms with Crippen molar-refractivity contribution in [3.05, 3.63) is 68.1 Å². The number of hydrogen-bond donors (Lipinski definition) is 1. The average Bonchev–Trinajstić information content (AvgIpc) is 3.31. The molecule has 14 heteroatoms. The molecule has 5 rings (SSSR count). The minimum Gasteiger partial charge on any atom is -0.366 e. The molecule has 0 aliphatic carbocycles. The van der Waals surface area contributed by atoms with Crippen molar-refractivity contribution in [3.8, 4) is 0 Å². The van der Waals surface area contributed by atoms with Gasteiger partial charge in [0.15, 0.2) is 12.0 Å². The van der Waals surface area contributed by atoms with Crippen molar-refractivity contribution in [1.82, 2.24) is 24.8 Å². The molecule has 204 valence electrons. The van der Waals surface area contributed by atoms with Gasteiger partial charge >= 0.3 is 6.18 Å². The van der Waals surface area contributed by atoms with E-state index in [2.05, 4.69) is 15.4 Å². The van der Waals surface area contributed by atoms with Crippen LogP contribution in [0.15, 0.2) is 29.2 Å². The van der Waals surface area contributed by atoms with Gasteiger partial charge in [-0.2, -0.15) is 23.0 Å². The average molecular weight is 557 g/mol. The molecule has 0 saturated carbocycles. The Hall–Kier alpha value is -3.03. The summed E-state index contributed by atoms with van der Waals surface area (Å²) in [6.45, 7) is 3.57. The van der Waals surface area contributed by atoms with E-state index in [-0.39, 0.29) is 34.9 Å². The molecule has 9 nitrogen and oxygen atoms in total. The number of rotatable bonds is 4. The lowest BCUT2D eigenvalue weighted by molar-refractivity contribution is -0.138. The molecule has 4 heterocycles. The number of alkyl halides is 3. The molecule has 0 radical (unpaired) electrons. The summed E-state index contributed by atoms with van der Waals surface area (Å²) in [5.41, 5.74) is -2.99. The van der Waals surface area contributed by atoms with E-state index in [0.717, 1.165) is 25.0 Å². The zero-order valence-corrected chi connectivity index (χ0v) is 21.3. The molecule has 3 unspecified atom stereocenters. The summed E-state index contributed by atoms with van der Waals surface area (Å²) < 4.78 is 62.7. The number of halogens is 5. The summed E-state index contributed by atoms with van der Waals surface area (Å²) in [4.78, 5) is 14.5. The van der Waals surface area contributed by atoms with Crippen molar-refractivity contribution in [2.75, 3.05) is 18.1 Å².